The van der Waals surface area contributed by atoms with Crippen molar-refractivity contribution in [1.82, 2.24) is 15.0 Å². The Balaban J connectivity index is 0.963. The van der Waals surface area contributed by atoms with Gasteiger partial charge in [-0.15, -0.1) is 39.5 Å². The highest BCUT2D eigenvalue weighted by Gasteiger charge is 2.58. The summed E-state index contributed by atoms with van der Waals surface area (Å²) in [6, 6.07) is 41.1. The van der Waals surface area contributed by atoms with Crippen LogP contribution < -0.4 is 0 Å². The topological polar surface area (TPSA) is 66.4 Å². The van der Waals surface area contributed by atoms with E-state index < -0.39 is 0 Å². The van der Waals surface area contributed by atoms with Crippen LogP contribution in [0.5, 0.6) is 0 Å². The molecule has 432 valence electrons. The van der Waals surface area contributed by atoms with Crippen molar-refractivity contribution in [1.29, 1.82) is 0 Å². The average Bonchev–Trinajstić information content (AvgIpc) is 2.16. The Bertz CT molecular complexity index is 3200. The molecule has 15 atom stereocenters. The van der Waals surface area contributed by atoms with Crippen LogP contribution in [-0.4, -0.2) is 106 Å². The van der Waals surface area contributed by atoms with Gasteiger partial charge in [-0.05, 0) is 89.0 Å². The first kappa shape index (κ1) is 56.4. The standard InChI is InChI=1S/C75H87N6O3/c1-7-37-82-73(64-25-31-76-67-22-16-13-19-61(64)67)70-43-58-28-34-79(70,49-55(58)10-4)46-52-40-53(47-80-35-29-59(56(11-5)50-80)44-71(80)74(83-38-8-2)65-26-32-77-68-23-17-14-20-62(65)68)42-54(41-52)48-81-36-30-60(57(12-6)51-81)45-72(81)75(84-39-9-3)66-27-33-78-69-24-18-15-21-63(66)69/h7-27,31-33,40-42,55-60,70-75H,1-6,28-30,34-39,43-51H2/q+3/t55-,56-,57-,58?,59?,60?,70-,71-,72?,73-,74-,75-,79?,80?,81?/m1/s1. The molecule has 0 N–H and O–H groups in total. The van der Waals surface area contributed by atoms with Gasteiger partial charge in [0.15, 0.2) is 0 Å². The summed E-state index contributed by atoms with van der Waals surface area (Å²) >= 11 is 0. The fourth-order valence-electron chi connectivity index (χ4n) is 18.1. The first-order valence-electron chi connectivity index (χ1n) is 31.5. The van der Waals surface area contributed by atoms with Gasteiger partial charge in [-0.1, -0.05) is 91.1 Å². The molecule has 16 rings (SSSR count). The van der Waals surface area contributed by atoms with Gasteiger partial charge in [0.1, 0.15) is 56.1 Å². The number of quaternary nitrogens is 3. The molecule has 12 heterocycles. The molecule has 9 saturated heterocycles. The van der Waals surface area contributed by atoms with Crippen molar-refractivity contribution in [2.45, 2.75) is 94.6 Å². The van der Waals surface area contributed by atoms with E-state index in [2.05, 4.69) is 167 Å². The van der Waals surface area contributed by atoms with Gasteiger partial charge in [0, 0.05) is 108 Å². The van der Waals surface area contributed by atoms with E-state index in [-0.39, 0.29) is 36.4 Å². The zero-order valence-corrected chi connectivity index (χ0v) is 49.4. The highest BCUT2D eigenvalue weighted by atomic mass is 16.5. The summed E-state index contributed by atoms with van der Waals surface area (Å²) in [4.78, 5) is 14.6. The number of fused-ring (bicyclic) bond motifs is 12. The first-order valence-corrected chi connectivity index (χ1v) is 31.5. The Hall–Kier alpha value is -6.69. The van der Waals surface area contributed by atoms with Crippen molar-refractivity contribution in [2.24, 2.45) is 35.5 Å². The summed E-state index contributed by atoms with van der Waals surface area (Å²) in [5, 5.41) is 3.51. The van der Waals surface area contributed by atoms with Crippen LogP contribution in [0.15, 0.2) is 204 Å². The van der Waals surface area contributed by atoms with Crippen LogP contribution in [0, 0.1) is 35.5 Å². The maximum Gasteiger partial charge on any atom is 0.135 e. The Morgan fingerprint density at radius 2 is 0.714 bits per heavy atom. The zero-order valence-electron chi connectivity index (χ0n) is 49.4. The minimum atomic E-state index is -0.144. The van der Waals surface area contributed by atoms with Crippen molar-refractivity contribution in [3.8, 4) is 0 Å². The van der Waals surface area contributed by atoms with E-state index in [0.29, 0.717) is 55.3 Å². The van der Waals surface area contributed by atoms with E-state index in [1.54, 1.807) is 0 Å². The molecule has 7 aromatic rings. The molecule has 7 unspecified atom stereocenters. The van der Waals surface area contributed by atoms with E-state index in [4.69, 9.17) is 29.2 Å². The summed E-state index contributed by atoms with van der Waals surface area (Å²) in [6.45, 7) is 36.7. The molecule has 9 fully saturated rings. The summed E-state index contributed by atoms with van der Waals surface area (Å²) in [6.07, 6.45) is 24.9. The van der Waals surface area contributed by atoms with Crippen LogP contribution in [0.4, 0.5) is 0 Å². The summed E-state index contributed by atoms with van der Waals surface area (Å²) in [5.41, 5.74) is 11.0. The van der Waals surface area contributed by atoms with Crippen LogP contribution in [0.25, 0.3) is 32.7 Å². The maximum atomic E-state index is 7.16. The monoisotopic (exact) mass is 1120 g/mol. The van der Waals surface area contributed by atoms with Gasteiger partial charge >= 0.3 is 0 Å². The predicted octanol–water partition coefficient (Wildman–Crippen LogP) is 14.9. The number of rotatable bonds is 24. The number of hydrogen-bond acceptors (Lipinski definition) is 6. The summed E-state index contributed by atoms with van der Waals surface area (Å²) < 4.78 is 24.3. The van der Waals surface area contributed by atoms with Crippen LogP contribution in [0.2, 0.25) is 0 Å². The van der Waals surface area contributed by atoms with Crippen molar-refractivity contribution >= 4 is 32.7 Å². The van der Waals surface area contributed by atoms with Gasteiger partial charge < -0.3 is 27.7 Å². The van der Waals surface area contributed by atoms with Crippen LogP contribution in [0.1, 0.15) is 90.2 Å². The van der Waals surface area contributed by atoms with Gasteiger partial charge in [-0.2, -0.15) is 0 Å². The van der Waals surface area contributed by atoms with Gasteiger partial charge in [0.05, 0.1) is 75.6 Å². The molecule has 4 aromatic carbocycles. The maximum absolute atomic E-state index is 7.16. The van der Waals surface area contributed by atoms with Crippen molar-refractivity contribution in [3.05, 3.63) is 237 Å². The largest absolute Gasteiger partial charge is 0.363 e. The van der Waals surface area contributed by atoms with E-state index in [1.165, 1.54) is 68.8 Å². The van der Waals surface area contributed by atoms with E-state index in [9.17, 15) is 0 Å². The molecule has 0 aliphatic carbocycles. The molecule has 0 spiro atoms. The second kappa shape index (κ2) is 24.0. The van der Waals surface area contributed by atoms with Gasteiger partial charge in [0.25, 0.3) is 0 Å². The SMILES string of the molecule is C=CCO[C@H](c1ccnc2ccccc12)C1CC2CC[N+]1(Cc1cc(C[N+]34CCC(C[C@@H]3[C@H](OCC=C)c3ccnc5ccccc35)[C@H](C=C)C4)cc(C[N+]34CCC(C[C@@H]3[C@H](OCC=C)c3ccnc5ccccc35)[C@H](C=C)C4)c1)C[C@H]2C=C. The number of piperidine rings is 9. The molecule has 0 radical (unpaired) electrons. The Kier molecular flexibility index (Phi) is 16.1. The number of nitrogens with zero attached hydrogens (tertiary/aromatic N) is 6. The smallest absolute Gasteiger partial charge is 0.135 e. The molecule has 9 aliphatic heterocycles. The molecule has 0 saturated carbocycles. The lowest BCUT2D eigenvalue weighted by Gasteiger charge is -2.59. The molecule has 3 aromatic heterocycles. The molecule has 9 aliphatic rings. The van der Waals surface area contributed by atoms with Crippen LogP contribution in [-0.2, 0) is 33.8 Å². The lowest BCUT2D eigenvalue weighted by atomic mass is 9.70. The second-order valence-electron chi connectivity index (χ2n) is 26.1. The number of pyridine rings is 3. The fourth-order valence-corrected chi connectivity index (χ4v) is 18.1. The number of hydrogen-bond donors (Lipinski definition) is 0. The average molecular weight is 1120 g/mol. The minimum Gasteiger partial charge on any atom is -0.363 e. The lowest BCUT2D eigenvalue weighted by molar-refractivity contribution is -0.986. The number of aromatic nitrogens is 3. The quantitative estimate of drug-likeness (QED) is 0.0444. The van der Waals surface area contributed by atoms with Crippen molar-refractivity contribution in [2.75, 3.05) is 59.1 Å². The molecular formula is C75H87N6O3+3. The normalized spacial score (nSPS) is 30.6. The fraction of sp³-hybridized carbons (Fsp3) is 0.400. The third-order valence-electron chi connectivity index (χ3n) is 21.8. The Morgan fingerprint density at radius 1 is 0.417 bits per heavy atom. The lowest BCUT2D eigenvalue weighted by Crippen LogP contribution is -2.68. The van der Waals surface area contributed by atoms with Gasteiger partial charge in [0.2, 0.25) is 0 Å². The molecule has 9 heteroatoms. The number of benzene rings is 4. The molecular weight excluding hydrogens is 1030 g/mol. The third-order valence-corrected chi connectivity index (χ3v) is 21.8. The van der Waals surface area contributed by atoms with E-state index in [0.717, 1.165) is 108 Å². The summed E-state index contributed by atoms with van der Waals surface area (Å²) in [5.74, 6) is 2.94. The summed E-state index contributed by atoms with van der Waals surface area (Å²) in [7, 11) is 0. The highest BCUT2D eigenvalue weighted by Crippen LogP contribution is 2.53. The van der Waals surface area contributed by atoms with Gasteiger partial charge in [-0.3, -0.25) is 15.0 Å². The molecule has 6 bridgehead atoms. The highest BCUT2D eigenvalue weighted by molar-refractivity contribution is 5.84. The first-order chi connectivity index (χ1) is 41.2. The van der Waals surface area contributed by atoms with Crippen LogP contribution in [0.3, 0.4) is 0 Å². The zero-order chi connectivity index (χ0) is 57.4. The molecule has 9 nitrogen and oxygen atoms in total. The third kappa shape index (κ3) is 10.4. The predicted molar refractivity (Wildman–Crippen MR) is 340 cm³/mol. The van der Waals surface area contributed by atoms with Crippen molar-refractivity contribution in [3.63, 3.8) is 0 Å². The van der Waals surface area contributed by atoms with Crippen LogP contribution >= 0.6 is 0 Å². The number of ether oxygens (including phenoxy) is 3. The van der Waals surface area contributed by atoms with Gasteiger partial charge in [-0.25, -0.2) is 0 Å². The minimum absolute atomic E-state index is 0.144. The Labute approximate surface area is 499 Å². The Morgan fingerprint density at radius 3 is 1.00 bits per heavy atom. The molecule has 84 heavy (non-hydrogen) atoms. The van der Waals surface area contributed by atoms with E-state index in [1.807, 2.05) is 36.8 Å². The second-order valence-corrected chi connectivity index (χ2v) is 26.1. The van der Waals surface area contributed by atoms with Crippen molar-refractivity contribution < 1.29 is 27.7 Å². The van der Waals surface area contributed by atoms with E-state index >= 15 is 0 Å². The molecule has 0 amide bonds. The number of para-hydroxylation sites is 3.